The standard InChI is InChI=1S/C4H3BrClNS/c5-3-2-8-4(1-6)7-3/h2H,1H2. The van der Waals surface area contributed by atoms with E-state index in [1.807, 2.05) is 5.38 Å². The summed E-state index contributed by atoms with van der Waals surface area (Å²) < 4.78 is 0.873. The molecule has 1 nitrogen and oxygen atoms in total. The van der Waals surface area contributed by atoms with Gasteiger partial charge in [0.05, 0.1) is 5.88 Å². The van der Waals surface area contributed by atoms with E-state index in [1.165, 1.54) is 0 Å². The first-order valence-corrected chi connectivity index (χ1v) is 4.19. The van der Waals surface area contributed by atoms with Crippen LogP contribution in [0.5, 0.6) is 0 Å². The normalized spacial score (nSPS) is 9.75. The second-order valence-electron chi connectivity index (χ2n) is 1.20. The van der Waals surface area contributed by atoms with Gasteiger partial charge in [0.15, 0.2) is 0 Å². The minimum atomic E-state index is 0.510. The molecule has 0 aliphatic rings. The zero-order valence-corrected chi connectivity index (χ0v) is 7.05. The summed E-state index contributed by atoms with van der Waals surface area (Å²) in [4.78, 5) is 4.03. The number of nitrogens with zero attached hydrogens (tertiary/aromatic N) is 1. The van der Waals surface area contributed by atoms with E-state index in [0.29, 0.717) is 5.88 Å². The Balaban J connectivity index is 2.84. The van der Waals surface area contributed by atoms with E-state index in [0.717, 1.165) is 9.61 Å². The number of hydrogen-bond acceptors (Lipinski definition) is 2. The molecule has 0 N–H and O–H groups in total. The van der Waals surface area contributed by atoms with Crippen LogP contribution in [-0.4, -0.2) is 4.98 Å². The fraction of sp³-hybridized carbons (Fsp3) is 0.250. The Labute approximate surface area is 64.8 Å². The average molecular weight is 212 g/mol. The lowest BCUT2D eigenvalue weighted by atomic mass is 10.8. The number of thiazole rings is 1. The molecule has 0 aliphatic carbocycles. The number of alkyl halides is 1. The van der Waals surface area contributed by atoms with Crippen molar-refractivity contribution in [1.82, 2.24) is 4.98 Å². The Morgan fingerprint density at radius 2 is 2.62 bits per heavy atom. The van der Waals surface area contributed by atoms with Crippen molar-refractivity contribution < 1.29 is 0 Å². The summed E-state index contributed by atoms with van der Waals surface area (Å²) in [5, 5.41) is 2.87. The molecule has 0 aromatic carbocycles. The number of hydrogen-bond donors (Lipinski definition) is 0. The molecular weight excluding hydrogens is 209 g/mol. The summed E-state index contributed by atoms with van der Waals surface area (Å²) in [6.07, 6.45) is 0. The average Bonchev–Trinajstić information content (AvgIpc) is 2.14. The Morgan fingerprint density at radius 1 is 1.88 bits per heavy atom. The Hall–Kier alpha value is 0.400. The predicted molar refractivity (Wildman–Crippen MR) is 39.4 cm³/mol. The largest absolute Gasteiger partial charge is 0.233 e. The molecule has 44 valence electrons. The van der Waals surface area contributed by atoms with Crippen molar-refractivity contribution in [2.45, 2.75) is 5.88 Å². The fourth-order valence-electron chi connectivity index (χ4n) is 0.350. The Bertz CT molecular complexity index is 176. The van der Waals surface area contributed by atoms with E-state index in [4.69, 9.17) is 11.6 Å². The van der Waals surface area contributed by atoms with Crippen LogP contribution in [0.15, 0.2) is 9.98 Å². The lowest BCUT2D eigenvalue weighted by molar-refractivity contribution is 1.23. The summed E-state index contributed by atoms with van der Waals surface area (Å²) >= 11 is 10.2. The highest BCUT2D eigenvalue weighted by Gasteiger charge is 1.94. The molecular formula is C4H3BrClNS. The van der Waals surface area contributed by atoms with Crippen LogP contribution in [-0.2, 0) is 5.88 Å². The maximum atomic E-state index is 5.47. The van der Waals surface area contributed by atoms with Crippen molar-refractivity contribution >= 4 is 38.9 Å². The van der Waals surface area contributed by atoms with Gasteiger partial charge in [-0.25, -0.2) is 4.98 Å². The molecule has 0 bridgehead atoms. The van der Waals surface area contributed by atoms with Gasteiger partial charge in [-0.3, -0.25) is 0 Å². The van der Waals surface area contributed by atoms with Gasteiger partial charge in [0.25, 0.3) is 0 Å². The molecule has 0 amide bonds. The highest BCUT2D eigenvalue weighted by molar-refractivity contribution is 9.10. The summed E-state index contributed by atoms with van der Waals surface area (Å²) in [6.45, 7) is 0. The Morgan fingerprint density at radius 3 is 2.88 bits per heavy atom. The van der Waals surface area contributed by atoms with Crippen molar-refractivity contribution in [3.8, 4) is 0 Å². The Kier molecular flexibility index (Phi) is 2.28. The van der Waals surface area contributed by atoms with Gasteiger partial charge in [0, 0.05) is 5.38 Å². The molecule has 1 aromatic rings. The third kappa shape index (κ3) is 1.44. The van der Waals surface area contributed by atoms with E-state index in [1.54, 1.807) is 11.3 Å². The predicted octanol–water partition coefficient (Wildman–Crippen LogP) is 2.64. The molecule has 0 saturated heterocycles. The van der Waals surface area contributed by atoms with Gasteiger partial charge < -0.3 is 0 Å². The van der Waals surface area contributed by atoms with Crippen molar-refractivity contribution in [2.75, 3.05) is 0 Å². The zero-order valence-electron chi connectivity index (χ0n) is 3.90. The SMILES string of the molecule is ClCc1nc(Br)cs1. The molecule has 1 aromatic heterocycles. The molecule has 1 heterocycles. The lowest BCUT2D eigenvalue weighted by Crippen LogP contribution is -1.70. The third-order valence-corrected chi connectivity index (χ3v) is 2.61. The minimum absolute atomic E-state index is 0.510. The van der Waals surface area contributed by atoms with Crippen molar-refractivity contribution in [2.24, 2.45) is 0 Å². The third-order valence-electron chi connectivity index (χ3n) is 0.638. The smallest absolute Gasteiger partial charge is 0.117 e. The van der Waals surface area contributed by atoms with Crippen LogP contribution < -0.4 is 0 Å². The summed E-state index contributed by atoms with van der Waals surface area (Å²) in [6, 6.07) is 0. The number of halogens is 2. The fourth-order valence-corrected chi connectivity index (χ4v) is 1.71. The maximum Gasteiger partial charge on any atom is 0.117 e. The second-order valence-corrected chi connectivity index (χ2v) is 3.22. The molecule has 0 aliphatic heterocycles. The highest BCUT2D eigenvalue weighted by atomic mass is 79.9. The first-order valence-electron chi connectivity index (χ1n) is 1.99. The van der Waals surface area contributed by atoms with Crippen molar-refractivity contribution in [3.05, 3.63) is 15.0 Å². The summed E-state index contributed by atoms with van der Waals surface area (Å²) in [7, 11) is 0. The quantitative estimate of drug-likeness (QED) is 0.652. The molecule has 0 atom stereocenters. The summed E-state index contributed by atoms with van der Waals surface area (Å²) in [5.41, 5.74) is 0. The van der Waals surface area contributed by atoms with Gasteiger partial charge in [-0.1, -0.05) is 0 Å². The molecule has 0 fully saturated rings. The maximum absolute atomic E-state index is 5.47. The lowest BCUT2D eigenvalue weighted by Gasteiger charge is -1.76. The van der Waals surface area contributed by atoms with E-state index in [9.17, 15) is 0 Å². The van der Waals surface area contributed by atoms with Crippen LogP contribution in [0, 0.1) is 0 Å². The summed E-state index contributed by atoms with van der Waals surface area (Å²) in [5.74, 6) is 0.510. The molecule has 8 heavy (non-hydrogen) atoms. The highest BCUT2D eigenvalue weighted by Crippen LogP contribution is 2.15. The van der Waals surface area contributed by atoms with Crippen molar-refractivity contribution in [3.63, 3.8) is 0 Å². The van der Waals surface area contributed by atoms with Gasteiger partial charge in [0.1, 0.15) is 9.61 Å². The van der Waals surface area contributed by atoms with Crippen molar-refractivity contribution in [1.29, 1.82) is 0 Å². The topological polar surface area (TPSA) is 12.9 Å². The molecule has 0 saturated carbocycles. The van der Waals surface area contributed by atoms with Crippen LogP contribution in [0.25, 0.3) is 0 Å². The van der Waals surface area contributed by atoms with Gasteiger partial charge in [-0.15, -0.1) is 22.9 Å². The van der Waals surface area contributed by atoms with Crippen LogP contribution in [0.2, 0.25) is 0 Å². The first kappa shape index (κ1) is 6.52. The van der Waals surface area contributed by atoms with Gasteiger partial charge in [-0.05, 0) is 15.9 Å². The second kappa shape index (κ2) is 2.80. The number of aromatic nitrogens is 1. The minimum Gasteiger partial charge on any atom is -0.233 e. The van der Waals surface area contributed by atoms with E-state index in [-0.39, 0.29) is 0 Å². The monoisotopic (exact) mass is 211 g/mol. The molecule has 4 heteroatoms. The molecule has 1 rings (SSSR count). The first-order chi connectivity index (χ1) is 3.83. The van der Waals surface area contributed by atoms with Gasteiger partial charge in [-0.2, -0.15) is 0 Å². The van der Waals surface area contributed by atoms with Gasteiger partial charge >= 0.3 is 0 Å². The van der Waals surface area contributed by atoms with Crippen LogP contribution in [0.4, 0.5) is 0 Å². The number of rotatable bonds is 1. The van der Waals surface area contributed by atoms with E-state index < -0.39 is 0 Å². The van der Waals surface area contributed by atoms with Gasteiger partial charge in [0.2, 0.25) is 0 Å². The van der Waals surface area contributed by atoms with Crippen LogP contribution in [0.1, 0.15) is 5.01 Å². The van der Waals surface area contributed by atoms with Crippen LogP contribution in [0.3, 0.4) is 0 Å². The van der Waals surface area contributed by atoms with E-state index >= 15 is 0 Å². The molecule has 0 unspecified atom stereocenters. The van der Waals surface area contributed by atoms with E-state index in [2.05, 4.69) is 20.9 Å². The zero-order chi connectivity index (χ0) is 5.98. The van der Waals surface area contributed by atoms with Crippen LogP contribution >= 0.6 is 38.9 Å². The molecule has 0 spiro atoms. The molecule has 0 radical (unpaired) electrons.